The largest absolute Gasteiger partial charge is 0.325 e. The van der Waals surface area contributed by atoms with Gasteiger partial charge in [0.05, 0.1) is 11.5 Å². The van der Waals surface area contributed by atoms with Crippen molar-refractivity contribution in [3.63, 3.8) is 0 Å². The van der Waals surface area contributed by atoms with Crippen LogP contribution in [0, 0.1) is 5.92 Å². The van der Waals surface area contributed by atoms with Crippen molar-refractivity contribution in [2.24, 2.45) is 11.7 Å². The highest BCUT2D eigenvalue weighted by Crippen LogP contribution is 2.40. The van der Waals surface area contributed by atoms with Crippen molar-refractivity contribution < 1.29 is 8.42 Å². The van der Waals surface area contributed by atoms with Gasteiger partial charge in [0.1, 0.15) is 0 Å². The molecular weight excluding hydrogens is 186 g/mol. The van der Waals surface area contributed by atoms with E-state index in [1.54, 1.807) is 0 Å². The summed E-state index contributed by atoms with van der Waals surface area (Å²) in [6.45, 7) is 0. The first-order valence-corrected chi connectivity index (χ1v) is 6.83. The van der Waals surface area contributed by atoms with Gasteiger partial charge in [-0.2, -0.15) is 0 Å². The first-order chi connectivity index (χ1) is 6.02. The molecule has 2 fully saturated rings. The minimum atomic E-state index is -2.77. The van der Waals surface area contributed by atoms with Crippen molar-refractivity contribution in [1.82, 2.24) is 0 Å². The number of rotatable bonds is 1. The van der Waals surface area contributed by atoms with Gasteiger partial charge in [-0.25, -0.2) is 8.42 Å². The van der Waals surface area contributed by atoms with E-state index in [0.29, 0.717) is 11.5 Å². The molecule has 3 nitrogen and oxygen atoms in total. The summed E-state index contributed by atoms with van der Waals surface area (Å²) in [7, 11) is -2.77. The van der Waals surface area contributed by atoms with Crippen LogP contribution in [0.3, 0.4) is 0 Å². The second-order valence-electron chi connectivity index (χ2n) is 4.54. The average molecular weight is 203 g/mol. The van der Waals surface area contributed by atoms with Crippen LogP contribution in [0.4, 0.5) is 0 Å². The molecule has 1 aliphatic carbocycles. The molecular formula is C9H17NO2S. The van der Waals surface area contributed by atoms with Gasteiger partial charge in [-0.05, 0) is 38.0 Å². The lowest BCUT2D eigenvalue weighted by molar-refractivity contribution is 0.155. The highest BCUT2D eigenvalue weighted by Gasteiger charge is 2.43. The monoisotopic (exact) mass is 203 g/mol. The minimum absolute atomic E-state index is 0.131. The summed E-state index contributed by atoms with van der Waals surface area (Å²) in [6.07, 6.45) is 5.04. The third kappa shape index (κ3) is 1.74. The molecule has 13 heavy (non-hydrogen) atoms. The van der Waals surface area contributed by atoms with Gasteiger partial charge >= 0.3 is 0 Å². The Bertz CT molecular complexity index is 293. The predicted octanol–water partition coefficient (Wildman–Crippen LogP) is 0.693. The van der Waals surface area contributed by atoms with Crippen molar-refractivity contribution in [1.29, 1.82) is 0 Å². The van der Waals surface area contributed by atoms with Crippen molar-refractivity contribution >= 4 is 9.84 Å². The fourth-order valence-electron chi connectivity index (χ4n) is 2.47. The number of hydrogen-bond acceptors (Lipinski definition) is 3. The maximum absolute atomic E-state index is 11.4. The number of nitrogens with two attached hydrogens (primary N) is 1. The van der Waals surface area contributed by atoms with Crippen LogP contribution >= 0.6 is 0 Å². The van der Waals surface area contributed by atoms with E-state index >= 15 is 0 Å². The topological polar surface area (TPSA) is 60.2 Å². The van der Waals surface area contributed by atoms with Gasteiger partial charge in [-0.3, -0.25) is 0 Å². The van der Waals surface area contributed by atoms with Gasteiger partial charge in [-0.1, -0.05) is 0 Å². The first kappa shape index (κ1) is 9.46. The molecule has 1 heterocycles. The Balaban J connectivity index is 2.08. The Hall–Kier alpha value is -0.0900. The molecule has 1 saturated heterocycles. The van der Waals surface area contributed by atoms with Crippen LogP contribution in [0.1, 0.15) is 32.1 Å². The third-order valence-corrected chi connectivity index (χ3v) is 5.38. The summed E-state index contributed by atoms with van der Waals surface area (Å²) in [5, 5.41) is 0. The Morgan fingerprint density at radius 1 is 1.23 bits per heavy atom. The standard InChI is InChI=1S/C9H17NO2S/c10-9(4-2-5-9)8-3-1-6-13(11,12)7-8/h8H,1-7,10H2. The molecule has 2 rings (SSSR count). The smallest absolute Gasteiger partial charge is 0.150 e. The van der Waals surface area contributed by atoms with Gasteiger partial charge in [0.15, 0.2) is 9.84 Å². The van der Waals surface area contributed by atoms with Crippen LogP contribution in [0.5, 0.6) is 0 Å². The van der Waals surface area contributed by atoms with E-state index in [2.05, 4.69) is 0 Å². The Kier molecular flexibility index (Phi) is 2.15. The summed E-state index contributed by atoms with van der Waals surface area (Å²) in [4.78, 5) is 0. The van der Waals surface area contributed by atoms with Crippen LogP contribution in [-0.2, 0) is 9.84 Å². The molecule has 76 valence electrons. The van der Waals surface area contributed by atoms with Crippen LogP contribution in [0.2, 0.25) is 0 Å². The zero-order valence-corrected chi connectivity index (χ0v) is 8.65. The third-order valence-electron chi connectivity index (χ3n) is 3.56. The summed E-state index contributed by atoms with van der Waals surface area (Å²) in [6, 6.07) is 0. The molecule has 1 unspecified atom stereocenters. The van der Waals surface area contributed by atoms with Crippen molar-refractivity contribution in [2.45, 2.75) is 37.6 Å². The van der Waals surface area contributed by atoms with Gasteiger partial charge in [0, 0.05) is 5.54 Å². The normalized spacial score (nSPS) is 36.5. The van der Waals surface area contributed by atoms with Crippen LogP contribution in [0.25, 0.3) is 0 Å². The molecule has 0 spiro atoms. The fourth-order valence-corrected chi connectivity index (χ4v) is 4.35. The second kappa shape index (κ2) is 2.95. The molecule has 0 aromatic heterocycles. The molecule has 2 N–H and O–H groups in total. The average Bonchev–Trinajstić information content (AvgIpc) is 1.98. The molecule has 0 aromatic carbocycles. The quantitative estimate of drug-likeness (QED) is 0.682. The lowest BCUT2D eigenvalue weighted by atomic mass is 9.68. The van der Waals surface area contributed by atoms with Crippen molar-refractivity contribution in [3.8, 4) is 0 Å². The summed E-state index contributed by atoms with van der Waals surface area (Å²) < 4.78 is 22.8. The van der Waals surface area contributed by atoms with E-state index in [1.807, 2.05) is 0 Å². The number of hydrogen-bond donors (Lipinski definition) is 1. The first-order valence-electron chi connectivity index (χ1n) is 5.01. The van der Waals surface area contributed by atoms with Crippen LogP contribution < -0.4 is 5.73 Å². The maximum Gasteiger partial charge on any atom is 0.150 e. The van der Waals surface area contributed by atoms with Crippen LogP contribution in [-0.4, -0.2) is 25.5 Å². The van der Waals surface area contributed by atoms with Crippen LogP contribution in [0.15, 0.2) is 0 Å². The lowest BCUT2D eigenvalue weighted by Gasteiger charge is -2.46. The van der Waals surface area contributed by atoms with E-state index in [4.69, 9.17) is 5.73 Å². The van der Waals surface area contributed by atoms with Gasteiger partial charge in [0.25, 0.3) is 0 Å². The molecule has 1 atom stereocenters. The van der Waals surface area contributed by atoms with Crippen molar-refractivity contribution in [2.75, 3.05) is 11.5 Å². The predicted molar refractivity (Wildman–Crippen MR) is 52.1 cm³/mol. The van der Waals surface area contributed by atoms with Crippen molar-refractivity contribution in [3.05, 3.63) is 0 Å². The molecule has 0 aromatic rings. The fraction of sp³-hybridized carbons (Fsp3) is 1.00. The Morgan fingerprint density at radius 2 is 1.92 bits per heavy atom. The molecule has 2 aliphatic rings. The lowest BCUT2D eigenvalue weighted by Crippen LogP contribution is -2.56. The Morgan fingerprint density at radius 3 is 2.38 bits per heavy atom. The summed E-state index contributed by atoms with van der Waals surface area (Å²) in [5.74, 6) is 0.947. The van der Waals surface area contributed by atoms with E-state index in [0.717, 1.165) is 25.7 Å². The van der Waals surface area contributed by atoms with E-state index < -0.39 is 9.84 Å². The molecule has 0 bridgehead atoms. The molecule has 0 radical (unpaired) electrons. The Labute approximate surface area is 79.6 Å². The highest BCUT2D eigenvalue weighted by molar-refractivity contribution is 7.91. The zero-order valence-electron chi connectivity index (χ0n) is 7.83. The van der Waals surface area contributed by atoms with Gasteiger partial charge in [0.2, 0.25) is 0 Å². The zero-order chi connectivity index (χ0) is 9.53. The minimum Gasteiger partial charge on any atom is -0.325 e. The summed E-state index contributed by atoms with van der Waals surface area (Å²) >= 11 is 0. The van der Waals surface area contributed by atoms with Gasteiger partial charge in [-0.15, -0.1) is 0 Å². The van der Waals surface area contributed by atoms with Gasteiger partial charge < -0.3 is 5.73 Å². The highest BCUT2D eigenvalue weighted by atomic mass is 32.2. The number of sulfone groups is 1. The van der Waals surface area contributed by atoms with E-state index in [1.165, 1.54) is 6.42 Å². The molecule has 0 amide bonds. The SMILES string of the molecule is NC1(C2CCCS(=O)(=O)C2)CCC1. The molecule has 1 saturated carbocycles. The molecule has 1 aliphatic heterocycles. The second-order valence-corrected chi connectivity index (χ2v) is 6.77. The van der Waals surface area contributed by atoms with E-state index in [9.17, 15) is 8.42 Å². The summed E-state index contributed by atoms with van der Waals surface area (Å²) in [5.41, 5.74) is 6.00. The van der Waals surface area contributed by atoms with E-state index in [-0.39, 0.29) is 11.5 Å². The maximum atomic E-state index is 11.4. The molecule has 4 heteroatoms.